The van der Waals surface area contributed by atoms with Gasteiger partial charge in [0, 0.05) is 13.2 Å². The number of carbonyl (C=O) groups excluding carboxylic acids is 1. The number of carbonyl (C=O) groups is 2. The van der Waals surface area contributed by atoms with Crippen LogP contribution in [0, 0.1) is 11.8 Å². The SMILES string of the molecule is O=C(O)C(CNC(=O)C(F)(F)F)C1CCOC1. The minimum atomic E-state index is -4.99. The van der Waals surface area contributed by atoms with E-state index >= 15 is 0 Å². The molecule has 0 aromatic rings. The first-order chi connectivity index (χ1) is 7.82. The Kier molecular flexibility index (Phi) is 4.33. The molecule has 1 fully saturated rings. The molecule has 1 heterocycles. The van der Waals surface area contributed by atoms with Gasteiger partial charge in [0.2, 0.25) is 0 Å². The van der Waals surface area contributed by atoms with Crippen LogP contribution in [0.4, 0.5) is 13.2 Å². The van der Waals surface area contributed by atoms with Crippen LogP contribution in [0.1, 0.15) is 6.42 Å². The molecule has 98 valence electrons. The first kappa shape index (κ1) is 13.8. The van der Waals surface area contributed by atoms with Crippen LogP contribution in [0.2, 0.25) is 0 Å². The number of aliphatic carboxylic acids is 1. The molecule has 0 aromatic carbocycles. The van der Waals surface area contributed by atoms with Gasteiger partial charge in [-0.25, -0.2) is 0 Å². The van der Waals surface area contributed by atoms with Gasteiger partial charge in [0.25, 0.3) is 0 Å². The van der Waals surface area contributed by atoms with Crippen molar-refractivity contribution >= 4 is 11.9 Å². The zero-order valence-corrected chi connectivity index (χ0v) is 8.79. The molecule has 2 atom stereocenters. The van der Waals surface area contributed by atoms with E-state index in [0.717, 1.165) is 0 Å². The number of alkyl halides is 3. The number of hydrogen-bond acceptors (Lipinski definition) is 3. The minimum Gasteiger partial charge on any atom is -0.481 e. The highest BCUT2D eigenvalue weighted by atomic mass is 19.4. The van der Waals surface area contributed by atoms with Crippen molar-refractivity contribution < 1.29 is 32.6 Å². The van der Waals surface area contributed by atoms with Gasteiger partial charge in [-0.2, -0.15) is 13.2 Å². The molecule has 0 radical (unpaired) electrons. The fourth-order valence-corrected chi connectivity index (χ4v) is 1.63. The summed E-state index contributed by atoms with van der Waals surface area (Å²) in [5, 5.41) is 10.4. The number of amides is 1. The predicted molar refractivity (Wildman–Crippen MR) is 49.1 cm³/mol. The van der Waals surface area contributed by atoms with Gasteiger partial charge in [-0.1, -0.05) is 0 Å². The van der Waals surface area contributed by atoms with Crippen LogP contribution < -0.4 is 5.32 Å². The van der Waals surface area contributed by atoms with E-state index in [9.17, 15) is 22.8 Å². The molecule has 17 heavy (non-hydrogen) atoms. The largest absolute Gasteiger partial charge is 0.481 e. The second-order valence-electron chi connectivity index (χ2n) is 3.78. The number of halogens is 3. The summed E-state index contributed by atoms with van der Waals surface area (Å²) in [6.07, 6.45) is -4.52. The third-order valence-corrected chi connectivity index (χ3v) is 2.59. The average Bonchev–Trinajstić information content (AvgIpc) is 2.69. The first-order valence-electron chi connectivity index (χ1n) is 4.98. The molecule has 0 bridgehead atoms. The van der Waals surface area contributed by atoms with Crippen LogP contribution >= 0.6 is 0 Å². The summed E-state index contributed by atoms with van der Waals surface area (Å²) in [5.74, 6) is -4.77. The Morgan fingerprint density at radius 1 is 1.47 bits per heavy atom. The topological polar surface area (TPSA) is 75.6 Å². The molecule has 2 N–H and O–H groups in total. The zero-order chi connectivity index (χ0) is 13.1. The van der Waals surface area contributed by atoms with Crippen molar-refractivity contribution in [1.29, 1.82) is 0 Å². The predicted octanol–water partition coefficient (Wildman–Crippen LogP) is 0.402. The lowest BCUT2D eigenvalue weighted by Crippen LogP contribution is -2.42. The molecule has 1 rings (SSSR count). The van der Waals surface area contributed by atoms with Gasteiger partial charge in [0.15, 0.2) is 0 Å². The lowest BCUT2D eigenvalue weighted by atomic mass is 9.91. The molecule has 1 aliphatic heterocycles. The van der Waals surface area contributed by atoms with Crippen molar-refractivity contribution in [2.45, 2.75) is 12.6 Å². The maximum atomic E-state index is 11.9. The van der Waals surface area contributed by atoms with Crippen LogP contribution in [-0.4, -0.2) is 42.9 Å². The second kappa shape index (κ2) is 5.35. The molecule has 1 aliphatic rings. The van der Waals surface area contributed by atoms with E-state index in [2.05, 4.69) is 0 Å². The highest BCUT2D eigenvalue weighted by molar-refractivity contribution is 5.82. The fraction of sp³-hybridized carbons (Fsp3) is 0.778. The maximum absolute atomic E-state index is 11.9. The summed E-state index contributed by atoms with van der Waals surface area (Å²) < 4.78 is 40.6. The molecule has 0 saturated carbocycles. The number of rotatable bonds is 4. The molecular formula is C9H12F3NO4. The van der Waals surface area contributed by atoms with Crippen molar-refractivity contribution in [3.8, 4) is 0 Å². The van der Waals surface area contributed by atoms with Gasteiger partial charge in [-0.3, -0.25) is 9.59 Å². The van der Waals surface area contributed by atoms with Gasteiger partial charge in [-0.05, 0) is 12.3 Å². The number of carboxylic acids is 1. The van der Waals surface area contributed by atoms with E-state index < -0.39 is 30.5 Å². The summed E-state index contributed by atoms with van der Waals surface area (Å²) in [4.78, 5) is 21.4. The van der Waals surface area contributed by atoms with Crippen molar-refractivity contribution in [3.05, 3.63) is 0 Å². The highest BCUT2D eigenvalue weighted by Crippen LogP contribution is 2.22. The van der Waals surface area contributed by atoms with Gasteiger partial charge in [0.05, 0.1) is 12.5 Å². The van der Waals surface area contributed by atoms with E-state index in [0.29, 0.717) is 13.0 Å². The monoisotopic (exact) mass is 255 g/mol. The molecule has 2 unspecified atom stereocenters. The molecule has 0 aromatic heterocycles. The van der Waals surface area contributed by atoms with E-state index in [1.165, 1.54) is 0 Å². The smallest absolute Gasteiger partial charge is 0.471 e. The van der Waals surface area contributed by atoms with E-state index in [1.807, 2.05) is 0 Å². The summed E-state index contributed by atoms with van der Waals surface area (Å²) in [6, 6.07) is 0. The van der Waals surface area contributed by atoms with Crippen molar-refractivity contribution in [2.24, 2.45) is 11.8 Å². The maximum Gasteiger partial charge on any atom is 0.471 e. The zero-order valence-electron chi connectivity index (χ0n) is 8.79. The number of hydrogen-bond donors (Lipinski definition) is 2. The van der Waals surface area contributed by atoms with Crippen molar-refractivity contribution in [2.75, 3.05) is 19.8 Å². The molecule has 0 aliphatic carbocycles. The van der Waals surface area contributed by atoms with Gasteiger partial charge < -0.3 is 15.2 Å². The third kappa shape index (κ3) is 3.88. The third-order valence-electron chi connectivity index (χ3n) is 2.59. The quantitative estimate of drug-likeness (QED) is 0.762. The summed E-state index contributed by atoms with van der Waals surface area (Å²) >= 11 is 0. The van der Waals surface area contributed by atoms with Crippen LogP contribution in [0.25, 0.3) is 0 Å². The average molecular weight is 255 g/mol. The molecule has 0 spiro atoms. The van der Waals surface area contributed by atoms with Crippen molar-refractivity contribution in [1.82, 2.24) is 5.32 Å². The van der Waals surface area contributed by atoms with Crippen LogP contribution in [-0.2, 0) is 14.3 Å². The van der Waals surface area contributed by atoms with E-state index in [-0.39, 0.29) is 12.5 Å². The highest BCUT2D eigenvalue weighted by Gasteiger charge is 2.40. The van der Waals surface area contributed by atoms with Crippen molar-refractivity contribution in [3.63, 3.8) is 0 Å². The standard InChI is InChI=1S/C9H12F3NO4/c10-9(11,12)8(16)13-3-6(7(14)15)5-1-2-17-4-5/h5-6H,1-4H2,(H,13,16)(H,14,15). The Labute approximate surface area is 94.9 Å². The fourth-order valence-electron chi connectivity index (χ4n) is 1.63. The Morgan fingerprint density at radius 3 is 2.53 bits per heavy atom. The Hall–Kier alpha value is -1.31. The van der Waals surface area contributed by atoms with Gasteiger partial charge in [-0.15, -0.1) is 0 Å². The molecule has 1 amide bonds. The number of ether oxygens (including phenoxy) is 1. The molecule has 8 heteroatoms. The summed E-state index contributed by atoms with van der Waals surface area (Å²) in [6.45, 7) is 0.0439. The van der Waals surface area contributed by atoms with Crippen LogP contribution in [0.5, 0.6) is 0 Å². The van der Waals surface area contributed by atoms with Crippen LogP contribution in [0.15, 0.2) is 0 Å². The van der Waals surface area contributed by atoms with Gasteiger partial charge in [0.1, 0.15) is 0 Å². The Bertz CT molecular complexity index is 299. The molecular weight excluding hydrogens is 243 g/mol. The lowest BCUT2D eigenvalue weighted by molar-refractivity contribution is -0.174. The number of carboxylic acid groups (broad SMARTS) is 1. The van der Waals surface area contributed by atoms with E-state index in [1.54, 1.807) is 5.32 Å². The van der Waals surface area contributed by atoms with Gasteiger partial charge >= 0.3 is 18.1 Å². The first-order valence-corrected chi connectivity index (χ1v) is 4.98. The summed E-state index contributed by atoms with van der Waals surface area (Å²) in [7, 11) is 0. The lowest BCUT2D eigenvalue weighted by Gasteiger charge is -2.18. The molecule has 1 saturated heterocycles. The summed E-state index contributed by atoms with van der Waals surface area (Å²) in [5.41, 5.74) is 0. The Morgan fingerprint density at radius 2 is 2.12 bits per heavy atom. The Balaban J connectivity index is 2.50. The second-order valence-corrected chi connectivity index (χ2v) is 3.78. The normalized spacial score (nSPS) is 22.2. The molecule has 5 nitrogen and oxygen atoms in total. The minimum absolute atomic E-state index is 0.193. The van der Waals surface area contributed by atoms with Crippen LogP contribution in [0.3, 0.4) is 0 Å². The number of nitrogens with one attached hydrogen (secondary N) is 1. The van der Waals surface area contributed by atoms with E-state index in [4.69, 9.17) is 9.84 Å².